The molecular weight excluding hydrogens is 356 g/mol. The van der Waals surface area contributed by atoms with Crippen molar-refractivity contribution in [3.8, 4) is 28.4 Å². The summed E-state index contributed by atoms with van der Waals surface area (Å²) in [6.45, 7) is 1.93. The first-order chi connectivity index (χ1) is 13.7. The molecular formula is C20H16N6O2. The third-order valence-electron chi connectivity index (χ3n) is 4.70. The molecule has 0 aliphatic heterocycles. The number of methoxy groups -OCH3 is 1. The van der Waals surface area contributed by atoms with Gasteiger partial charge in [0.25, 0.3) is 0 Å². The number of rotatable bonds is 3. The highest BCUT2D eigenvalue weighted by molar-refractivity contribution is 5.88. The Morgan fingerprint density at radius 1 is 1.11 bits per heavy atom. The van der Waals surface area contributed by atoms with Crippen LogP contribution in [0.5, 0.6) is 11.5 Å². The van der Waals surface area contributed by atoms with Crippen LogP contribution in [0.3, 0.4) is 0 Å². The molecule has 1 aromatic carbocycles. The highest BCUT2D eigenvalue weighted by Gasteiger charge is 2.16. The fourth-order valence-corrected chi connectivity index (χ4v) is 3.34. The van der Waals surface area contributed by atoms with Gasteiger partial charge in [-0.3, -0.25) is 4.98 Å². The molecule has 0 unspecified atom stereocenters. The lowest BCUT2D eigenvalue weighted by Crippen LogP contribution is -2.00. The second-order valence-electron chi connectivity index (χ2n) is 6.39. The highest BCUT2D eigenvalue weighted by Crippen LogP contribution is 2.32. The number of phenols is 1. The Hall–Kier alpha value is -3.94. The average molecular weight is 372 g/mol. The SMILES string of the molecule is COc1cc(O)ccc1-n1nc(C)c2cnc(-c3cnn4cccnc34)cc21. The number of pyridine rings is 1. The summed E-state index contributed by atoms with van der Waals surface area (Å²) in [5.74, 6) is 0.661. The first-order valence-corrected chi connectivity index (χ1v) is 8.67. The number of hydrogen-bond donors (Lipinski definition) is 1. The van der Waals surface area contributed by atoms with Crippen molar-refractivity contribution in [2.45, 2.75) is 6.92 Å². The molecule has 28 heavy (non-hydrogen) atoms. The molecule has 8 nitrogen and oxygen atoms in total. The number of ether oxygens (including phenoxy) is 1. The van der Waals surface area contributed by atoms with Gasteiger partial charge in [-0.05, 0) is 31.2 Å². The lowest BCUT2D eigenvalue weighted by atomic mass is 10.1. The van der Waals surface area contributed by atoms with Crippen LogP contribution in [0, 0.1) is 6.92 Å². The Labute approximate surface area is 159 Å². The number of aromatic hydroxyl groups is 1. The van der Waals surface area contributed by atoms with Gasteiger partial charge in [-0.1, -0.05) is 0 Å². The van der Waals surface area contributed by atoms with Crippen molar-refractivity contribution in [3.05, 3.63) is 60.8 Å². The summed E-state index contributed by atoms with van der Waals surface area (Å²) in [5, 5.41) is 19.7. The van der Waals surface area contributed by atoms with E-state index < -0.39 is 0 Å². The predicted octanol–water partition coefficient (Wildman–Crippen LogP) is 3.15. The molecule has 8 heteroatoms. The second-order valence-corrected chi connectivity index (χ2v) is 6.39. The van der Waals surface area contributed by atoms with E-state index >= 15 is 0 Å². The Morgan fingerprint density at radius 3 is 2.86 bits per heavy atom. The van der Waals surface area contributed by atoms with E-state index in [1.165, 1.54) is 0 Å². The van der Waals surface area contributed by atoms with E-state index in [-0.39, 0.29) is 5.75 Å². The number of aryl methyl sites for hydroxylation is 1. The lowest BCUT2D eigenvalue weighted by Gasteiger charge is -2.10. The highest BCUT2D eigenvalue weighted by atomic mass is 16.5. The fraction of sp³-hybridized carbons (Fsp3) is 0.100. The number of nitrogens with zero attached hydrogens (tertiary/aromatic N) is 6. The molecule has 0 saturated heterocycles. The van der Waals surface area contributed by atoms with E-state index in [1.54, 1.807) is 46.9 Å². The molecule has 5 rings (SSSR count). The zero-order valence-electron chi connectivity index (χ0n) is 15.2. The quantitative estimate of drug-likeness (QED) is 0.523. The molecule has 0 aliphatic rings. The fourth-order valence-electron chi connectivity index (χ4n) is 3.34. The molecule has 0 saturated carbocycles. The Kier molecular flexibility index (Phi) is 3.51. The predicted molar refractivity (Wildman–Crippen MR) is 104 cm³/mol. The standard InChI is InChI=1S/C20H16N6O2/c1-12-14-10-22-16(15-11-23-25-7-3-6-21-20(15)25)9-18(14)26(24-12)17-5-4-13(27)8-19(17)28-2/h3-11,27H,1-2H3. The Morgan fingerprint density at radius 2 is 2.00 bits per heavy atom. The number of hydrogen-bond acceptors (Lipinski definition) is 6. The van der Waals surface area contributed by atoms with Crippen LogP contribution in [0.15, 0.2) is 55.1 Å². The topological polar surface area (TPSA) is 90.4 Å². The van der Waals surface area contributed by atoms with Gasteiger partial charge in [0, 0.05) is 30.0 Å². The number of aromatic nitrogens is 6. The molecule has 4 aromatic heterocycles. The van der Waals surface area contributed by atoms with Crippen LogP contribution < -0.4 is 4.74 Å². The summed E-state index contributed by atoms with van der Waals surface area (Å²) in [6.07, 6.45) is 7.14. The maximum Gasteiger partial charge on any atom is 0.164 e. The van der Waals surface area contributed by atoms with Gasteiger partial charge in [0.2, 0.25) is 0 Å². The minimum Gasteiger partial charge on any atom is -0.508 e. The number of benzene rings is 1. The molecule has 0 amide bonds. The van der Waals surface area contributed by atoms with Crippen LogP contribution in [0.2, 0.25) is 0 Å². The molecule has 138 valence electrons. The molecule has 0 aliphatic carbocycles. The minimum absolute atomic E-state index is 0.133. The van der Waals surface area contributed by atoms with Gasteiger partial charge >= 0.3 is 0 Å². The number of phenolic OH excluding ortho intramolecular Hbond substituents is 1. The van der Waals surface area contributed by atoms with E-state index in [0.717, 1.165) is 39.2 Å². The van der Waals surface area contributed by atoms with E-state index in [0.29, 0.717) is 5.75 Å². The Balaban J connectivity index is 1.75. The van der Waals surface area contributed by atoms with Crippen LogP contribution in [0.1, 0.15) is 5.69 Å². The van der Waals surface area contributed by atoms with Gasteiger partial charge in [-0.2, -0.15) is 10.2 Å². The second kappa shape index (κ2) is 6.05. The van der Waals surface area contributed by atoms with Gasteiger partial charge in [0.05, 0.1) is 35.8 Å². The number of fused-ring (bicyclic) bond motifs is 2. The van der Waals surface area contributed by atoms with Crippen LogP contribution >= 0.6 is 0 Å². The van der Waals surface area contributed by atoms with Crippen molar-refractivity contribution in [1.82, 2.24) is 29.4 Å². The van der Waals surface area contributed by atoms with Crippen molar-refractivity contribution in [2.24, 2.45) is 0 Å². The third-order valence-corrected chi connectivity index (χ3v) is 4.70. The van der Waals surface area contributed by atoms with Gasteiger partial charge in [0.1, 0.15) is 17.2 Å². The molecule has 0 spiro atoms. The first-order valence-electron chi connectivity index (χ1n) is 8.67. The smallest absolute Gasteiger partial charge is 0.164 e. The molecule has 4 heterocycles. The van der Waals surface area contributed by atoms with Gasteiger partial charge < -0.3 is 9.84 Å². The maximum absolute atomic E-state index is 9.77. The summed E-state index contributed by atoms with van der Waals surface area (Å²) in [7, 11) is 1.56. The molecule has 0 radical (unpaired) electrons. The van der Waals surface area contributed by atoms with Crippen molar-refractivity contribution < 1.29 is 9.84 Å². The molecule has 0 fully saturated rings. The summed E-state index contributed by atoms with van der Waals surface area (Å²) in [4.78, 5) is 9.02. The van der Waals surface area contributed by atoms with Crippen LogP contribution in [-0.4, -0.2) is 41.6 Å². The summed E-state index contributed by atoms with van der Waals surface area (Å²) >= 11 is 0. The zero-order valence-corrected chi connectivity index (χ0v) is 15.2. The summed E-state index contributed by atoms with van der Waals surface area (Å²) in [6, 6.07) is 8.74. The van der Waals surface area contributed by atoms with E-state index in [4.69, 9.17) is 4.74 Å². The average Bonchev–Trinajstić information content (AvgIpc) is 3.29. The van der Waals surface area contributed by atoms with Crippen molar-refractivity contribution in [1.29, 1.82) is 0 Å². The van der Waals surface area contributed by atoms with Gasteiger partial charge in [0.15, 0.2) is 5.65 Å². The largest absolute Gasteiger partial charge is 0.508 e. The molecule has 1 N–H and O–H groups in total. The summed E-state index contributed by atoms with van der Waals surface area (Å²) < 4.78 is 8.95. The summed E-state index contributed by atoms with van der Waals surface area (Å²) in [5.41, 5.74) is 4.78. The van der Waals surface area contributed by atoms with Gasteiger partial charge in [-0.15, -0.1) is 0 Å². The van der Waals surface area contributed by atoms with Crippen molar-refractivity contribution in [2.75, 3.05) is 7.11 Å². The molecule has 5 aromatic rings. The van der Waals surface area contributed by atoms with E-state index in [2.05, 4.69) is 20.2 Å². The third kappa shape index (κ3) is 2.38. The maximum atomic E-state index is 9.77. The lowest BCUT2D eigenvalue weighted by molar-refractivity contribution is 0.405. The van der Waals surface area contributed by atoms with Crippen molar-refractivity contribution in [3.63, 3.8) is 0 Å². The van der Waals surface area contributed by atoms with E-state index in [9.17, 15) is 5.11 Å². The van der Waals surface area contributed by atoms with Crippen molar-refractivity contribution >= 4 is 16.6 Å². The van der Waals surface area contributed by atoms with E-state index in [1.807, 2.05) is 31.5 Å². The van der Waals surface area contributed by atoms with Gasteiger partial charge in [-0.25, -0.2) is 14.2 Å². The first kappa shape index (κ1) is 16.2. The monoisotopic (exact) mass is 372 g/mol. The molecule has 0 bridgehead atoms. The van der Waals surface area contributed by atoms with Crippen LogP contribution in [0.4, 0.5) is 0 Å². The minimum atomic E-state index is 0.133. The zero-order chi connectivity index (χ0) is 19.3. The molecule has 0 atom stereocenters. The normalized spacial score (nSPS) is 11.4. The Bertz CT molecular complexity index is 1340. The van der Waals surface area contributed by atoms with Crippen LogP contribution in [-0.2, 0) is 0 Å². The van der Waals surface area contributed by atoms with Crippen LogP contribution in [0.25, 0.3) is 33.5 Å².